The summed E-state index contributed by atoms with van der Waals surface area (Å²) < 4.78 is 0. The third kappa shape index (κ3) is 2.99. The van der Waals surface area contributed by atoms with E-state index in [0.717, 1.165) is 0 Å². The molecule has 1 N–H and O–H groups in total. The standard InChI is InChI=1S/C15H26N2O2/c1-15(2)9-13(18)17(14(15)19)10-12(16-3)11-7-5-4-6-8-11/h11-12,16H,4-10H2,1-3H3. The van der Waals surface area contributed by atoms with Crippen molar-refractivity contribution in [3.63, 3.8) is 0 Å². The van der Waals surface area contributed by atoms with Gasteiger partial charge in [-0.15, -0.1) is 0 Å². The molecule has 1 saturated carbocycles. The van der Waals surface area contributed by atoms with Crippen LogP contribution in [-0.2, 0) is 9.59 Å². The summed E-state index contributed by atoms with van der Waals surface area (Å²) in [6.07, 6.45) is 6.65. The van der Waals surface area contributed by atoms with Gasteiger partial charge < -0.3 is 5.32 Å². The van der Waals surface area contributed by atoms with Gasteiger partial charge in [-0.25, -0.2) is 0 Å². The fourth-order valence-electron chi connectivity index (χ4n) is 3.42. The van der Waals surface area contributed by atoms with Crippen molar-refractivity contribution in [2.45, 2.75) is 58.4 Å². The van der Waals surface area contributed by atoms with Gasteiger partial charge in [-0.2, -0.15) is 0 Å². The molecule has 0 aromatic carbocycles. The number of nitrogens with zero attached hydrogens (tertiary/aromatic N) is 1. The van der Waals surface area contributed by atoms with Crippen LogP contribution in [0.25, 0.3) is 0 Å². The average Bonchev–Trinajstić information content (AvgIpc) is 2.58. The molecule has 19 heavy (non-hydrogen) atoms. The Morgan fingerprint density at radius 2 is 1.89 bits per heavy atom. The minimum Gasteiger partial charge on any atom is -0.315 e. The second-order valence-electron chi connectivity index (χ2n) is 6.66. The first-order valence-electron chi connectivity index (χ1n) is 7.48. The molecule has 0 spiro atoms. The van der Waals surface area contributed by atoms with E-state index in [9.17, 15) is 9.59 Å². The Bertz CT molecular complexity index is 359. The second kappa shape index (κ2) is 5.61. The molecule has 2 aliphatic rings. The summed E-state index contributed by atoms with van der Waals surface area (Å²) in [6.45, 7) is 4.27. The third-order valence-electron chi connectivity index (χ3n) is 4.69. The van der Waals surface area contributed by atoms with Gasteiger partial charge in [0.05, 0.1) is 5.41 Å². The molecule has 1 aliphatic heterocycles. The van der Waals surface area contributed by atoms with E-state index in [0.29, 0.717) is 18.9 Å². The minimum atomic E-state index is -0.512. The van der Waals surface area contributed by atoms with Crippen molar-refractivity contribution >= 4 is 11.8 Å². The number of hydrogen-bond acceptors (Lipinski definition) is 3. The van der Waals surface area contributed by atoms with Crippen molar-refractivity contribution in [1.29, 1.82) is 0 Å². The summed E-state index contributed by atoms with van der Waals surface area (Å²) in [6, 6.07) is 0.252. The first kappa shape index (κ1) is 14.5. The van der Waals surface area contributed by atoms with Crippen LogP contribution in [0.1, 0.15) is 52.4 Å². The highest BCUT2D eigenvalue weighted by atomic mass is 16.2. The zero-order valence-corrected chi connectivity index (χ0v) is 12.4. The van der Waals surface area contributed by atoms with Crippen molar-refractivity contribution in [2.75, 3.05) is 13.6 Å². The van der Waals surface area contributed by atoms with Gasteiger partial charge in [0.2, 0.25) is 11.8 Å². The highest BCUT2D eigenvalue weighted by Crippen LogP contribution is 2.33. The van der Waals surface area contributed by atoms with E-state index >= 15 is 0 Å². The molecular formula is C15H26N2O2. The van der Waals surface area contributed by atoms with Gasteiger partial charge in [0.1, 0.15) is 0 Å². The first-order chi connectivity index (χ1) is 8.95. The number of carbonyl (C=O) groups is 2. The van der Waals surface area contributed by atoms with E-state index in [-0.39, 0.29) is 17.9 Å². The number of likely N-dealkylation sites (N-methyl/N-ethyl adjacent to an activating group) is 1. The molecule has 1 saturated heterocycles. The summed E-state index contributed by atoms with van der Waals surface area (Å²) in [4.78, 5) is 25.7. The number of hydrogen-bond donors (Lipinski definition) is 1. The SMILES string of the molecule is CNC(CN1C(=O)CC(C)(C)C1=O)C1CCCCC1. The Morgan fingerprint density at radius 1 is 1.26 bits per heavy atom. The largest absolute Gasteiger partial charge is 0.315 e. The Hall–Kier alpha value is -0.900. The Morgan fingerprint density at radius 3 is 2.37 bits per heavy atom. The van der Waals surface area contributed by atoms with Crippen molar-refractivity contribution in [3.05, 3.63) is 0 Å². The van der Waals surface area contributed by atoms with E-state index in [1.165, 1.54) is 37.0 Å². The molecule has 2 fully saturated rings. The zero-order valence-electron chi connectivity index (χ0n) is 12.4. The van der Waals surface area contributed by atoms with Gasteiger partial charge in [0, 0.05) is 19.0 Å². The van der Waals surface area contributed by atoms with Crippen LogP contribution in [0.15, 0.2) is 0 Å². The minimum absolute atomic E-state index is 0.00596. The van der Waals surface area contributed by atoms with E-state index in [1.54, 1.807) is 0 Å². The van der Waals surface area contributed by atoms with Crippen LogP contribution in [-0.4, -0.2) is 36.3 Å². The summed E-state index contributed by atoms with van der Waals surface area (Å²) in [5.74, 6) is 0.586. The van der Waals surface area contributed by atoms with Crippen molar-refractivity contribution < 1.29 is 9.59 Å². The smallest absolute Gasteiger partial charge is 0.235 e. The molecule has 0 radical (unpaired) electrons. The van der Waals surface area contributed by atoms with E-state index in [4.69, 9.17) is 0 Å². The average molecular weight is 266 g/mol. The van der Waals surface area contributed by atoms with Crippen LogP contribution in [0.4, 0.5) is 0 Å². The molecule has 1 aliphatic carbocycles. The molecule has 1 unspecified atom stereocenters. The molecule has 4 heteroatoms. The van der Waals surface area contributed by atoms with Crippen LogP contribution in [0.3, 0.4) is 0 Å². The summed E-state index contributed by atoms with van der Waals surface area (Å²) in [7, 11) is 1.94. The molecule has 0 aromatic rings. The van der Waals surface area contributed by atoms with Crippen molar-refractivity contribution in [2.24, 2.45) is 11.3 Å². The fraction of sp³-hybridized carbons (Fsp3) is 0.867. The fourth-order valence-corrected chi connectivity index (χ4v) is 3.42. The molecule has 0 aromatic heterocycles. The summed E-state index contributed by atoms with van der Waals surface area (Å²) in [5, 5.41) is 3.32. The lowest BCUT2D eigenvalue weighted by Crippen LogP contribution is -2.47. The van der Waals surface area contributed by atoms with E-state index < -0.39 is 5.41 Å². The van der Waals surface area contributed by atoms with Gasteiger partial charge in [-0.3, -0.25) is 14.5 Å². The van der Waals surface area contributed by atoms with Crippen LogP contribution in [0.5, 0.6) is 0 Å². The predicted octanol–water partition coefficient (Wildman–Crippen LogP) is 1.94. The van der Waals surface area contributed by atoms with Gasteiger partial charge >= 0.3 is 0 Å². The third-order valence-corrected chi connectivity index (χ3v) is 4.69. The normalized spacial score (nSPS) is 25.9. The summed E-state index contributed by atoms with van der Waals surface area (Å²) >= 11 is 0. The Kier molecular flexibility index (Phi) is 4.29. The number of amides is 2. The maximum atomic E-state index is 12.2. The highest BCUT2D eigenvalue weighted by Gasteiger charge is 2.45. The number of imide groups is 1. The molecule has 108 valence electrons. The molecule has 0 bridgehead atoms. The molecular weight excluding hydrogens is 240 g/mol. The van der Waals surface area contributed by atoms with Crippen molar-refractivity contribution in [3.8, 4) is 0 Å². The molecule has 4 nitrogen and oxygen atoms in total. The molecule has 1 atom stereocenters. The lowest BCUT2D eigenvalue weighted by atomic mass is 9.83. The Labute approximate surface area is 115 Å². The van der Waals surface area contributed by atoms with Gasteiger partial charge in [0.15, 0.2) is 0 Å². The molecule has 2 amide bonds. The maximum absolute atomic E-state index is 12.2. The Balaban J connectivity index is 2.02. The number of nitrogens with one attached hydrogen (secondary N) is 1. The number of likely N-dealkylation sites (tertiary alicyclic amines) is 1. The predicted molar refractivity (Wildman–Crippen MR) is 74.5 cm³/mol. The lowest BCUT2D eigenvalue weighted by Gasteiger charge is -2.32. The lowest BCUT2D eigenvalue weighted by molar-refractivity contribution is -0.141. The van der Waals surface area contributed by atoms with Gasteiger partial charge in [-0.05, 0) is 25.8 Å². The first-order valence-corrected chi connectivity index (χ1v) is 7.48. The van der Waals surface area contributed by atoms with Crippen molar-refractivity contribution in [1.82, 2.24) is 10.2 Å². The van der Waals surface area contributed by atoms with E-state index in [2.05, 4.69) is 5.32 Å². The quantitative estimate of drug-likeness (QED) is 0.791. The zero-order chi connectivity index (χ0) is 14.0. The molecule has 2 rings (SSSR count). The van der Waals surface area contributed by atoms with Crippen LogP contribution in [0, 0.1) is 11.3 Å². The number of carbonyl (C=O) groups excluding carboxylic acids is 2. The number of rotatable bonds is 4. The topological polar surface area (TPSA) is 49.4 Å². The van der Waals surface area contributed by atoms with Crippen LogP contribution in [0.2, 0.25) is 0 Å². The molecule has 1 heterocycles. The van der Waals surface area contributed by atoms with Crippen LogP contribution < -0.4 is 5.32 Å². The van der Waals surface area contributed by atoms with Gasteiger partial charge in [0.25, 0.3) is 0 Å². The van der Waals surface area contributed by atoms with E-state index in [1.807, 2.05) is 20.9 Å². The highest BCUT2D eigenvalue weighted by molar-refractivity contribution is 6.05. The van der Waals surface area contributed by atoms with Crippen LogP contribution >= 0.6 is 0 Å². The maximum Gasteiger partial charge on any atom is 0.235 e. The summed E-state index contributed by atoms with van der Waals surface area (Å²) in [5.41, 5.74) is -0.512. The van der Waals surface area contributed by atoms with Gasteiger partial charge in [-0.1, -0.05) is 33.1 Å². The monoisotopic (exact) mass is 266 g/mol. The second-order valence-corrected chi connectivity index (χ2v) is 6.66.